The van der Waals surface area contributed by atoms with Gasteiger partial charge in [-0.1, -0.05) is 0 Å². The first-order chi connectivity index (χ1) is 8.92. The molecule has 3 rings (SSSR count). The van der Waals surface area contributed by atoms with Gasteiger partial charge in [-0.05, 0) is 49.0 Å². The van der Waals surface area contributed by atoms with Crippen LogP contribution in [-0.4, -0.2) is 24.7 Å². The van der Waals surface area contributed by atoms with Crippen molar-refractivity contribution >= 4 is 10.8 Å². The Labute approximate surface area is 107 Å². The summed E-state index contributed by atoms with van der Waals surface area (Å²) >= 11 is 0. The average molecular weight is 242 g/mol. The second-order valence-electron chi connectivity index (χ2n) is 4.91. The fourth-order valence-corrected chi connectivity index (χ4v) is 2.43. The number of fused-ring (bicyclic) bond motifs is 1. The fourth-order valence-electron chi connectivity index (χ4n) is 2.43. The minimum atomic E-state index is 0.645. The molecule has 18 heavy (non-hydrogen) atoms. The number of ether oxygens (including phenoxy) is 1. The summed E-state index contributed by atoms with van der Waals surface area (Å²) in [7, 11) is 0. The van der Waals surface area contributed by atoms with E-state index >= 15 is 0 Å². The van der Waals surface area contributed by atoms with E-state index in [2.05, 4.69) is 22.4 Å². The minimum Gasteiger partial charge on any atom is -0.493 e. The number of hydrogen-bond acceptors (Lipinski definition) is 3. The number of pyridine rings is 1. The van der Waals surface area contributed by atoms with E-state index in [-0.39, 0.29) is 0 Å². The lowest BCUT2D eigenvalue weighted by Crippen LogP contribution is -2.33. The van der Waals surface area contributed by atoms with Crippen molar-refractivity contribution in [1.29, 1.82) is 0 Å². The lowest BCUT2D eigenvalue weighted by molar-refractivity contribution is 0.218. The second-order valence-corrected chi connectivity index (χ2v) is 4.91. The maximum atomic E-state index is 5.89. The van der Waals surface area contributed by atoms with Crippen molar-refractivity contribution in [3.05, 3.63) is 36.7 Å². The van der Waals surface area contributed by atoms with Gasteiger partial charge in [-0.15, -0.1) is 0 Å². The van der Waals surface area contributed by atoms with Crippen molar-refractivity contribution in [2.24, 2.45) is 5.92 Å². The van der Waals surface area contributed by atoms with Crippen molar-refractivity contribution < 1.29 is 4.74 Å². The molecule has 2 aromatic rings. The fraction of sp³-hybridized carbons (Fsp3) is 0.400. The summed E-state index contributed by atoms with van der Waals surface area (Å²) in [6.45, 7) is 3.04. The highest BCUT2D eigenvalue weighted by Gasteiger charge is 2.13. The van der Waals surface area contributed by atoms with Crippen LogP contribution in [0.1, 0.15) is 12.8 Å². The summed E-state index contributed by atoms with van der Waals surface area (Å²) in [5.74, 6) is 1.60. The third-order valence-electron chi connectivity index (χ3n) is 3.50. The number of hydrogen-bond donors (Lipinski definition) is 1. The molecule has 2 heterocycles. The third kappa shape index (κ3) is 2.62. The van der Waals surface area contributed by atoms with Gasteiger partial charge >= 0.3 is 0 Å². The van der Waals surface area contributed by atoms with E-state index < -0.39 is 0 Å². The number of benzene rings is 1. The van der Waals surface area contributed by atoms with Gasteiger partial charge in [0.1, 0.15) is 5.75 Å². The van der Waals surface area contributed by atoms with Gasteiger partial charge in [0, 0.05) is 30.2 Å². The Kier molecular flexibility index (Phi) is 3.42. The summed E-state index contributed by atoms with van der Waals surface area (Å²) in [6.07, 6.45) is 6.23. The lowest BCUT2D eigenvalue weighted by atomic mass is 10.0. The number of nitrogens with zero attached hydrogens (tertiary/aromatic N) is 1. The third-order valence-corrected chi connectivity index (χ3v) is 3.50. The van der Waals surface area contributed by atoms with Crippen molar-refractivity contribution in [3.8, 4) is 5.75 Å². The van der Waals surface area contributed by atoms with Crippen LogP contribution in [0.3, 0.4) is 0 Å². The average Bonchev–Trinajstić information content (AvgIpc) is 2.46. The minimum absolute atomic E-state index is 0.645. The molecule has 94 valence electrons. The molecular formula is C15H18N2O. The van der Waals surface area contributed by atoms with Crippen LogP contribution in [-0.2, 0) is 0 Å². The standard InChI is InChI=1S/C15H18N2O/c1-2-12(9-16-6-1)11-18-15-4-3-14-10-17-7-5-13(14)8-15/h3-5,7-8,10,12,16H,1-2,6,9,11H2. The molecule has 0 bridgehead atoms. The first kappa shape index (κ1) is 11.5. The molecule has 1 aliphatic heterocycles. The summed E-state index contributed by atoms with van der Waals surface area (Å²) in [5, 5.41) is 5.75. The molecule has 0 spiro atoms. The summed E-state index contributed by atoms with van der Waals surface area (Å²) in [6, 6.07) is 8.20. The predicted molar refractivity (Wildman–Crippen MR) is 72.8 cm³/mol. The number of rotatable bonds is 3. The Morgan fingerprint density at radius 1 is 1.28 bits per heavy atom. The number of aromatic nitrogens is 1. The van der Waals surface area contributed by atoms with Gasteiger partial charge in [0.15, 0.2) is 0 Å². The molecule has 1 atom stereocenters. The van der Waals surface area contributed by atoms with Gasteiger partial charge in [0.25, 0.3) is 0 Å². The maximum Gasteiger partial charge on any atom is 0.119 e. The number of nitrogens with one attached hydrogen (secondary N) is 1. The normalized spacial score (nSPS) is 19.9. The summed E-state index contributed by atoms with van der Waals surface area (Å²) in [4.78, 5) is 4.11. The Bertz CT molecular complexity index is 521. The first-order valence-electron chi connectivity index (χ1n) is 6.59. The van der Waals surface area contributed by atoms with E-state index in [1.165, 1.54) is 18.2 Å². The molecule has 0 aliphatic carbocycles. The van der Waals surface area contributed by atoms with Crippen molar-refractivity contribution in [2.45, 2.75) is 12.8 Å². The van der Waals surface area contributed by atoms with E-state index in [1.807, 2.05) is 24.5 Å². The SMILES string of the molecule is c1cc2cc(OCC3CCCNC3)ccc2cn1. The highest BCUT2D eigenvalue weighted by atomic mass is 16.5. The van der Waals surface area contributed by atoms with Crippen LogP contribution >= 0.6 is 0 Å². The van der Waals surface area contributed by atoms with Gasteiger partial charge in [-0.3, -0.25) is 4.98 Å². The Morgan fingerprint density at radius 2 is 2.28 bits per heavy atom. The Morgan fingerprint density at radius 3 is 3.17 bits per heavy atom. The zero-order chi connectivity index (χ0) is 12.2. The van der Waals surface area contributed by atoms with Gasteiger partial charge in [-0.25, -0.2) is 0 Å². The molecule has 0 amide bonds. The molecule has 1 N–H and O–H groups in total. The molecule has 0 radical (unpaired) electrons. The van der Waals surface area contributed by atoms with Gasteiger partial charge < -0.3 is 10.1 Å². The van der Waals surface area contributed by atoms with Crippen molar-refractivity contribution in [3.63, 3.8) is 0 Å². The largest absolute Gasteiger partial charge is 0.493 e. The molecule has 1 aromatic carbocycles. The van der Waals surface area contributed by atoms with Crippen LogP contribution < -0.4 is 10.1 Å². The van der Waals surface area contributed by atoms with Crippen LogP contribution in [0.4, 0.5) is 0 Å². The molecule has 1 aliphatic rings. The molecule has 1 fully saturated rings. The smallest absolute Gasteiger partial charge is 0.119 e. The summed E-state index contributed by atoms with van der Waals surface area (Å²) < 4.78 is 5.89. The molecule has 1 unspecified atom stereocenters. The molecular weight excluding hydrogens is 224 g/mol. The zero-order valence-corrected chi connectivity index (χ0v) is 10.4. The molecule has 1 saturated heterocycles. The first-order valence-corrected chi connectivity index (χ1v) is 6.59. The molecule has 1 aromatic heterocycles. The highest BCUT2D eigenvalue weighted by Crippen LogP contribution is 2.21. The molecule has 3 heteroatoms. The summed E-state index contributed by atoms with van der Waals surface area (Å²) in [5.41, 5.74) is 0. The van der Waals surface area contributed by atoms with E-state index in [9.17, 15) is 0 Å². The van der Waals surface area contributed by atoms with E-state index in [1.54, 1.807) is 0 Å². The monoisotopic (exact) mass is 242 g/mol. The zero-order valence-electron chi connectivity index (χ0n) is 10.4. The van der Waals surface area contributed by atoms with E-state index in [4.69, 9.17) is 4.74 Å². The molecule has 0 saturated carbocycles. The van der Waals surface area contributed by atoms with Crippen molar-refractivity contribution in [2.75, 3.05) is 19.7 Å². The van der Waals surface area contributed by atoms with E-state index in [0.717, 1.165) is 30.8 Å². The van der Waals surface area contributed by atoms with Gasteiger partial charge in [0.2, 0.25) is 0 Å². The van der Waals surface area contributed by atoms with Crippen LogP contribution in [0.2, 0.25) is 0 Å². The van der Waals surface area contributed by atoms with Crippen molar-refractivity contribution in [1.82, 2.24) is 10.3 Å². The van der Waals surface area contributed by atoms with Crippen LogP contribution in [0, 0.1) is 5.92 Å². The van der Waals surface area contributed by atoms with Crippen LogP contribution in [0.25, 0.3) is 10.8 Å². The van der Waals surface area contributed by atoms with E-state index in [0.29, 0.717) is 5.92 Å². The number of piperidine rings is 1. The maximum absolute atomic E-state index is 5.89. The lowest BCUT2D eigenvalue weighted by Gasteiger charge is -2.22. The molecule has 3 nitrogen and oxygen atoms in total. The van der Waals surface area contributed by atoms with Gasteiger partial charge in [0.05, 0.1) is 6.61 Å². The van der Waals surface area contributed by atoms with Crippen LogP contribution in [0.15, 0.2) is 36.7 Å². The topological polar surface area (TPSA) is 34.1 Å². The quantitative estimate of drug-likeness (QED) is 0.898. The predicted octanol–water partition coefficient (Wildman–Crippen LogP) is 2.61. The Balaban J connectivity index is 1.66. The highest BCUT2D eigenvalue weighted by molar-refractivity contribution is 5.82. The van der Waals surface area contributed by atoms with Crippen LogP contribution in [0.5, 0.6) is 5.75 Å². The van der Waals surface area contributed by atoms with Gasteiger partial charge in [-0.2, -0.15) is 0 Å². The second kappa shape index (κ2) is 5.36. The Hall–Kier alpha value is -1.61.